The molecule has 2 atom stereocenters. The summed E-state index contributed by atoms with van der Waals surface area (Å²) in [5, 5.41) is 3.48. The Bertz CT molecular complexity index is 152. The zero-order chi connectivity index (χ0) is 9.10. The summed E-state index contributed by atoms with van der Waals surface area (Å²) in [5.74, 6) is 1.70. The lowest BCUT2D eigenvalue weighted by Gasteiger charge is -2.37. The molecule has 0 aromatic heterocycles. The number of nitrogens with two attached hydrogens (primary N) is 1. The molecule has 2 fully saturated rings. The quantitative estimate of drug-likeness (QED) is 0.645. The topological polar surface area (TPSA) is 38.0 Å². The zero-order valence-electron chi connectivity index (χ0n) is 8.47. The van der Waals surface area contributed by atoms with Crippen molar-refractivity contribution >= 4 is 0 Å². The van der Waals surface area contributed by atoms with Gasteiger partial charge < -0.3 is 11.1 Å². The highest BCUT2D eigenvalue weighted by molar-refractivity contribution is 4.86. The van der Waals surface area contributed by atoms with Gasteiger partial charge in [-0.25, -0.2) is 0 Å². The van der Waals surface area contributed by atoms with Crippen molar-refractivity contribution in [3.63, 3.8) is 0 Å². The van der Waals surface area contributed by atoms with Gasteiger partial charge in [-0.15, -0.1) is 0 Å². The van der Waals surface area contributed by atoms with E-state index >= 15 is 0 Å². The van der Waals surface area contributed by atoms with E-state index in [-0.39, 0.29) is 0 Å². The molecule has 2 heteroatoms. The van der Waals surface area contributed by atoms with Crippen LogP contribution >= 0.6 is 0 Å². The molecule has 1 aliphatic carbocycles. The van der Waals surface area contributed by atoms with Gasteiger partial charge in [0, 0.05) is 6.04 Å². The summed E-state index contributed by atoms with van der Waals surface area (Å²) < 4.78 is 0. The molecular formula is C11H22N2. The Morgan fingerprint density at radius 2 is 1.77 bits per heavy atom. The van der Waals surface area contributed by atoms with E-state index in [0.717, 1.165) is 18.4 Å². The number of piperidine rings is 1. The molecule has 1 heterocycles. The molecule has 1 aliphatic heterocycles. The fraction of sp³-hybridized carbons (Fsp3) is 1.00. The van der Waals surface area contributed by atoms with Crippen molar-refractivity contribution in [2.24, 2.45) is 17.6 Å². The van der Waals surface area contributed by atoms with Gasteiger partial charge >= 0.3 is 0 Å². The number of rotatable bonds is 1. The third-order valence-corrected chi connectivity index (χ3v) is 3.84. The van der Waals surface area contributed by atoms with Crippen molar-refractivity contribution in [2.75, 3.05) is 13.1 Å². The molecule has 0 radical (unpaired) electrons. The van der Waals surface area contributed by atoms with Gasteiger partial charge in [-0.3, -0.25) is 0 Å². The molecule has 0 spiro atoms. The minimum absolute atomic E-state index is 0.476. The summed E-state index contributed by atoms with van der Waals surface area (Å²) in [5.41, 5.74) is 6.17. The molecule has 2 aliphatic rings. The molecule has 0 aromatic rings. The van der Waals surface area contributed by atoms with E-state index in [0.29, 0.717) is 6.04 Å². The molecular weight excluding hydrogens is 160 g/mol. The van der Waals surface area contributed by atoms with E-state index in [1.54, 1.807) is 0 Å². The fourth-order valence-electron chi connectivity index (χ4n) is 2.98. The van der Waals surface area contributed by atoms with Gasteiger partial charge in [0.15, 0.2) is 0 Å². The zero-order valence-corrected chi connectivity index (χ0v) is 8.47. The number of hydrogen-bond donors (Lipinski definition) is 2. The smallest absolute Gasteiger partial charge is 0.00940 e. The Kier molecular flexibility index (Phi) is 3.23. The van der Waals surface area contributed by atoms with E-state index in [1.807, 2.05) is 0 Å². The molecule has 3 N–H and O–H groups in total. The van der Waals surface area contributed by atoms with Gasteiger partial charge in [0.2, 0.25) is 0 Å². The van der Waals surface area contributed by atoms with E-state index in [1.165, 1.54) is 45.1 Å². The van der Waals surface area contributed by atoms with Crippen LogP contribution in [0.4, 0.5) is 0 Å². The lowest BCUT2D eigenvalue weighted by Crippen LogP contribution is -2.48. The van der Waals surface area contributed by atoms with Crippen LogP contribution in [0.1, 0.15) is 38.5 Å². The highest BCUT2D eigenvalue weighted by Gasteiger charge is 2.29. The molecule has 1 saturated heterocycles. The first-order chi connectivity index (χ1) is 6.38. The second-order valence-corrected chi connectivity index (χ2v) is 4.72. The normalized spacial score (nSPS) is 37.6. The van der Waals surface area contributed by atoms with Crippen LogP contribution in [-0.4, -0.2) is 19.1 Å². The maximum Gasteiger partial charge on any atom is 0.00940 e. The van der Waals surface area contributed by atoms with Crippen molar-refractivity contribution in [2.45, 2.75) is 44.6 Å². The van der Waals surface area contributed by atoms with Gasteiger partial charge in [0.05, 0.1) is 0 Å². The van der Waals surface area contributed by atoms with Crippen molar-refractivity contribution < 1.29 is 0 Å². The van der Waals surface area contributed by atoms with Crippen LogP contribution in [0.3, 0.4) is 0 Å². The van der Waals surface area contributed by atoms with Crippen molar-refractivity contribution in [3.8, 4) is 0 Å². The molecule has 1 saturated carbocycles. The summed E-state index contributed by atoms with van der Waals surface area (Å²) in [6.07, 6.45) is 8.37. The molecule has 76 valence electrons. The van der Waals surface area contributed by atoms with E-state index in [9.17, 15) is 0 Å². The van der Waals surface area contributed by atoms with Gasteiger partial charge in [-0.2, -0.15) is 0 Å². The first-order valence-electron chi connectivity index (χ1n) is 5.84. The predicted octanol–water partition coefficient (Wildman–Crippen LogP) is 1.50. The van der Waals surface area contributed by atoms with Crippen molar-refractivity contribution in [3.05, 3.63) is 0 Å². The highest BCUT2D eigenvalue weighted by atomic mass is 14.9. The first-order valence-corrected chi connectivity index (χ1v) is 5.84. The molecule has 2 nitrogen and oxygen atoms in total. The average molecular weight is 182 g/mol. The van der Waals surface area contributed by atoms with Crippen molar-refractivity contribution in [1.82, 2.24) is 5.32 Å². The van der Waals surface area contributed by atoms with Crippen LogP contribution in [0, 0.1) is 11.8 Å². The van der Waals surface area contributed by atoms with Crippen LogP contribution in [0.15, 0.2) is 0 Å². The highest BCUT2D eigenvalue weighted by Crippen LogP contribution is 2.32. The third-order valence-electron chi connectivity index (χ3n) is 3.84. The first kappa shape index (κ1) is 9.47. The Morgan fingerprint density at radius 3 is 2.46 bits per heavy atom. The van der Waals surface area contributed by atoms with Crippen LogP contribution < -0.4 is 11.1 Å². The van der Waals surface area contributed by atoms with E-state index < -0.39 is 0 Å². The molecule has 0 amide bonds. The maximum atomic E-state index is 6.17. The average Bonchev–Trinajstić information content (AvgIpc) is 2.20. The second-order valence-electron chi connectivity index (χ2n) is 4.72. The number of nitrogens with one attached hydrogen (secondary N) is 1. The lowest BCUT2D eigenvalue weighted by molar-refractivity contribution is 0.184. The fourth-order valence-corrected chi connectivity index (χ4v) is 2.98. The van der Waals surface area contributed by atoms with Gasteiger partial charge in [0.1, 0.15) is 0 Å². The third kappa shape index (κ3) is 2.23. The van der Waals surface area contributed by atoms with Crippen molar-refractivity contribution in [1.29, 1.82) is 0 Å². The van der Waals surface area contributed by atoms with E-state index in [2.05, 4.69) is 5.32 Å². The SMILES string of the molecule is NC1CCNCC1C1CCCCC1. The molecule has 2 unspecified atom stereocenters. The Hall–Kier alpha value is -0.0800. The summed E-state index contributed by atoms with van der Waals surface area (Å²) in [6.45, 7) is 2.30. The number of hydrogen-bond acceptors (Lipinski definition) is 2. The van der Waals surface area contributed by atoms with E-state index in [4.69, 9.17) is 5.73 Å². The molecule has 13 heavy (non-hydrogen) atoms. The molecule has 0 aromatic carbocycles. The van der Waals surface area contributed by atoms with Crippen LogP contribution in [0.2, 0.25) is 0 Å². The standard InChI is InChI=1S/C11H22N2/c12-11-6-7-13-8-10(11)9-4-2-1-3-5-9/h9-11,13H,1-8,12H2. The van der Waals surface area contributed by atoms with Crippen LogP contribution in [0.5, 0.6) is 0 Å². The Morgan fingerprint density at radius 1 is 1.00 bits per heavy atom. The van der Waals surface area contributed by atoms with Gasteiger partial charge in [-0.05, 0) is 31.3 Å². The minimum atomic E-state index is 0.476. The predicted molar refractivity (Wildman–Crippen MR) is 55.5 cm³/mol. The maximum absolute atomic E-state index is 6.17. The van der Waals surface area contributed by atoms with Crippen LogP contribution in [-0.2, 0) is 0 Å². The Labute approximate surface area is 81.3 Å². The summed E-state index contributed by atoms with van der Waals surface area (Å²) in [7, 11) is 0. The molecule has 2 rings (SSSR count). The summed E-state index contributed by atoms with van der Waals surface area (Å²) in [6, 6.07) is 0.476. The largest absolute Gasteiger partial charge is 0.327 e. The minimum Gasteiger partial charge on any atom is -0.327 e. The monoisotopic (exact) mass is 182 g/mol. The van der Waals surface area contributed by atoms with Gasteiger partial charge in [0.25, 0.3) is 0 Å². The second kappa shape index (κ2) is 4.43. The summed E-state index contributed by atoms with van der Waals surface area (Å²) in [4.78, 5) is 0. The molecule has 0 bridgehead atoms. The lowest BCUT2D eigenvalue weighted by atomic mass is 9.75. The van der Waals surface area contributed by atoms with Crippen LogP contribution in [0.25, 0.3) is 0 Å². The van der Waals surface area contributed by atoms with Gasteiger partial charge in [-0.1, -0.05) is 32.1 Å². The Balaban J connectivity index is 1.88. The summed E-state index contributed by atoms with van der Waals surface area (Å²) >= 11 is 0.